The van der Waals surface area contributed by atoms with Crippen LogP contribution >= 0.6 is 0 Å². The summed E-state index contributed by atoms with van der Waals surface area (Å²) in [6, 6.07) is 7.81. The summed E-state index contributed by atoms with van der Waals surface area (Å²) in [6.45, 7) is 2.27. The molecule has 0 radical (unpaired) electrons. The Kier molecular flexibility index (Phi) is 10.4. The van der Waals surface area contributed by atoms with Crippen molar-refractivity contribution in [2.24, 2.45) is 0 Å². The Morgan fingerprint density at radius 1 is 0.857 bits per heavy atom. The zero-order chi connectivity index (χ0) is 15.2. The lowest BCUT2D eigenvalue weighted by molar-refractivity contribution is 0.558. The number of benzene rings is 1. The van der Waals surface area contributed by atoms with E-state index in [2.05, 4.69) is 18.8 Å². The third-order valence-corrected chi connectivity index (χ3v) is 3.77. The van der Waals surface area contributed by atoms with Gasteiger partial charge in [-0.1, -0.05) is 82.6 Å². The molecule has 1 rings (SSSR count). The van der Waals surface area contributed by atoms with E-state index in [1.165, 1.54) is 64.2 Å². The van der Waals surface area contributed by atoms with E-state index in [1.807, 2.05) is 24.3 Å². The first kappa shape index (κ1) is 17.6. The fourth-order valence-electron chi connectivity index (χ4n) is 2.48. The van der Waals surface area contributed by atoms with Crippen molar-refractivity contribution < 1.29 is 0 Å². The molecule has 0 unspecified atom stereocenters. The molecular weight excluding hydrogens is 254 g/mol. The van der Waals surface area contributed by atoms with Crippen LogP contribution in [0.25, 0.3) is 0 Å². The van der Waals surface area contributed by atoms with Crippen molar-refractivity contribution in [3.63, 3.8) is 0 Å². The van der Waals surface area contributed by atoms with Gasteiger partial charge in [0.15, 0.2) is 0 Å². The van der Waals surface area contributed by atoms with E-state index in [-0.39, 0.29) is 0 Å². The van der Waals surface area contributed by atoms with E-state index >= 15 is 0 Å². The summed E-state index contributed by atoms with van der Waals surface area (Å²) in [4.78, 5) is 0. The van der Waals surface area contributed by atoms with Crippen molar-refractivity contribution in [3.8, 4) is 11.8 Å². The van der Waals surface area contributed by atoms with Crippen molar-refractivity contribution in [2.45, 2.75) is 77.6 Å². The molecule has 0 saturated carbocycles. The monoisotopic (exact) mass is 285 g/mol. The van der Waals surface area contributed by atoms with Gasteiger partial charge in [-0.15, -0.1) is 0 Å². The Labute approximate surface area is 131 Å². The molecule has 1 nitrogen and oxygen atoms in total. The van der Waals surface area contributed by atoms with Gasteiger partial charge in [-0.25, -0.2) is 0 Å². The summed E-state index contributed by atoms with van der Waals surface area (Å²) in [6.07, 6.45) is 14.8. The van der Waals surface area contributed by atoms with Crippen LogP contribution < -0.4 is 5.73 Å². The predicted molar refractivity (Wildman–Crippen MR) is 94.2 cm³/mol. The normalized spacial score (nSPS) is 10.1. The van der Waals surface area contributed by atoms with Crippen LogP contribution in [0, 0.1) is 11.8 Å². The van der Waals surface area contributed by atoms with Crippen LogP contribution in [0.1, 0.15) is 83.1 Å². The van der Waals surface area contributed by atoms with Crippen molar-refractivity contribution in [3.05, 3.63) is 29.8 Å². The third kappa shape index (κ3) is 10.0. The third-order valence-electron chi connectivity index (χ3n) is 3.77. The molecule has 0 amide bonds. The van der Waals surface area contributed by atoms with E-state index in [9.17, 15) is 0 Å². The highest BCUT2D eigenvalue weighted by Gasteiger charge is 1.92. The molecule has 1 heteroatoms. The van der Waals surface area contributed by atoms with Gasteiger partial charge in [0.1, 0.15) is 0 Å². The lowest BCUT2D eigenvalue weighted by atomic mass is 10.1. The van der Waals surface area contributed by atoms with Crippen LogP contribution in [-0.4, -0.2) is 0 Å². The maximum absolute atomic E-state index is 5.73. The molecule has 1 aromatic carbocycles. The molecule has 0 bridgehead atoms. The second-order valence-electron chi connectivity index (χ2n) is 5.86. The minimum Gasteiger partial charge on any atom is -0.399 e. The number of nitrogens with two attached hydrogens (primary N) is 1. The number of rotatable bonds is 10. The van der Waals surface area contributed by atoms with E-state index in [1.54, 1.807) is 0 Å². The first-order chi connectivity index (χ1) is 10.3. The molecule has 0 aliphatic rings. The second-order valence-corrected chi connectivity index (χ2v) is 5.86. The van der Waals surface area contributed by atoms with Gasteiger partial charge in [0.05, 0.1) is 0 Å². The zero-order valence-corrected chi connectivity index (χ0v) is 13.7. The molecule has 1 aromatic rings. The van der Waals surface area contributed by atoms with Gasteiger partial charge < -0.3 is 5.73 Å². The maximum Gasteiger partial charge on any atom is 0.0326 e. The molecule has 0 aromatic heterocycles. The molecule has 0 heterocycles. The summed E-state index contributed by atoms with van der Waals surface area (Å²) in [5.41, 5.74) is 7.55. The molecule has 0 fully saturated rings. The summed E-state index contributed by atoms with van der Waals surface area (Å²) in [5, 5.41) is 0. The quantitative estimate of drug-likeness (QED) is 0.322. The molecule has 0 atom stereocenters. The predicted octanol–water partition coefficient (Wildman–Crippen LogP) is 5.93. The highest BCUT2D eigenvalue weighted by atomic mass is 14.5. The summed E-state index contributed by atoms with van der Waals surface area (Å²) < 4.78 is 0. The lowest BCUT2D eigenvalue weighted by Crippen LogP contribution is -1.84. The maximum atomic E-state index is 5.73. The van der Waals surface area contributed by atoms with Gasteiger partial charge >= 0.3 is 0 Å². The van der Waals surface area contributed by atoms with Crippen LogP contribution in [0.3, 0.4) is 0 Å². The van der Waals surface area contributed by atoms with Crippen LogP contribution in [0.2, 0.25) is 0 Å². The van der Waals surface area contributed by atoms with Crippen LogP contribution in [-0.2, 0) is 0 Å². The minimum absolute atomic E-state index is 0.792. The molecule has 0 spiro atoms. The number of unbranched alkanes of at least 4 members (excludes halogenated alkanes) is 10. The van der Waals surface area contributed by atoms with E-state index in [4.69, 9.17) is 5.73 Å². The topological polar surface area (TPSA) is 26.0 Å². The van der Waals surface area contributed by atoms with E-state index < -0.39 is 0 Å². The Balaban J connectivity index is 1.93. The number of hydrogen-bond acceptors (Lipinski definition) is 1. The molecule has 2 N–H and O–H groups in total. The Morgan fingerprint density at radius 2 is 1.48 bits per heavy atom. The fraction of sp³-hybridized carbons (Fsp3) is 0.600. The van der Waals surface area contributed by atoms with Crippen molar-refractivity contribution >= 4 is 5.69 Å². The highest BCUT2D eigenvalue weighted by Crippen LogP contribution is 2.11. The van der Waals surface area contributed by atoms with Gasteiger partial charge in [-0.05, 0) is 24.6 Å². The summed E-state index contributed by atoms with van der Waals surface area (Å²) in [7, 11) is 0. The molecule has 116 valence electrons. The Bertz CT molecular complexity index is 425. The lowest BCUT2D eigenvalue weighted by Gasteiger charge is -2.00. The average molecular weight is 285 g/mol. The van der Waals surface area contributed by atoms with Crippen LogP contribution in [0.5, 0.6) is 0 Å². The van der Waals surface area contributed by atoms with Gasteiger partial charge in [-0.2, -0.15) is 0 Å². The average Bonchev–Trinajstić information content (AvgIpc) is 2.48. The molecular formula is C20H31N. The Hall–Kier alpha value is -1.42. The molecule has 21 heavy (non-hydrogen) atoms. The molecule has 0 aliphatic carbocycles. The van der Waals surface area contributed by atoms with Gasteiger partial charge in [0.2, 0.25) is 0 Å². The standard InChI is InChI=1S/C20H31N/c1-2-3-4-5-6-7-8-9-10-11-12-13-15-19-16-14-17-20(21)18-19/h14,16-18H,2-12,21H2,1H3. The first-order valence-electron chi connectivity index (χ1n) is 8.67. The summed E-state index contributed by atoms with van der Waals surface area (Å²) in [5.74, 6) is 6.43. The number of hydrogen-bond donors (Lipinski definition) is 1. The smallest absolute Gasteiger partial charge is 0.0326 e. The van der Waals surface area contributed by atoms with E-state index in [0.29, 0.717) is 0 Å². The fourth-order valence-corrected chi connectivity index (χ4v) is 2.48. The SMILES string of the molecule is CCCCCCCCCCCCC#Cc1cccc(N)c1. The second kappa shape index (κ2) is 12.3. The van der Waals surface area contributed by atoms with Crippen LogP contribution in [0.4, 0.5) is 5.69 Å². The van der Waals surface area contributed by atoms with Gasteiger partial charge in [0, 0.05) is 17.7 Å². The van der Waals surface area contributed by atoms with Crippen molar-refractivity contribution in [1.29, 1.82) is 0 Å². The highest BCUT2D eigenvalue weighted by molar-refractivity contribution is 5.46. The van der Waals surface area contributed by atoms with E-state index in [0.717, 1.165) is 17.7 Å². The number of anilines is 1. The summed E-state index contributed by atoms with van der Waals surface area (Å²) >= 11 is 0. The van der Waals surface area contributed by atoms with Crippen molar-refractivity contribution in [1.82, 2.24) is 0 Å². The number of nitrogen functional groups attached to an aromatic ring is 1. The Morgan fingerprint density at radius 3 is 2.10 bits per heavy atom. The van der Waals surface area contributed by atoms with Crippen LogP contribution in [0.15, 0.2) is 24.3 Å². The largest absolute Gasteiger partial charge is 0.399 e. The molecule has 0 saturated heterocycles. The zero-order valence-electron chi connectivity index (χ0n) is 13.7. The first-order valence-corrected chi connectivity index (χ1v) is 8.67. The van der Waals surface area contributed by atoms with Gasteiger partial charge in [-0.3, -0.25) is 0 Å². The van der Waals surface area contributed by atoms with Crippen molar-refractivity contribution in [2.75, 3.05) is 5.73 Å². The minimum atomic E-state index is 0.792. The molecule has 0 aliphatic heterocycles. The van der Waals surface area contributed by atoms with Gasteiger partial charge in [0.25, 0.3) is 0 Å².